The number of thiocarbonyl (C=S) groups is 1. The Morgan fingerprint density at radius 1 is 1.18 bits per heavy atom. The first kappa shape index (κ1) is 26.4. The van der Waals surface area contributed by atoms with Gasteiger partial charge in [0.05, 0.1) is 23.0 Å². The van der Waals surface area contributed by atoms with Crippen LogP contribution in [0.25, 0.3) is 0 Å². The lowest BCUT2D eigenvalue weighted by atomic mass is 10.1. The number of halogens is 3. The maximum Gasteiger partial charge on any atom is 0.228 e. The van der Waals surface area contributed by atoms with Crippen LogP contribution in [0.1, 0.15) is 24.0 Å². The zero-order valence-corrected chi connectivity index (χ0v) is 22.1. The molecule has 1 aliphatic heterocycles. The van der Waals surface area contributed by atoms with Crippen molar-refractivity contribution in [3.05, 3.63) is 59.7 Å². The summed E-state index contributed by atoms with van der Waals surface area (Å²) in [6.45, 7) is 1.27. The molecule has 2 aromatic rings. The number of alkyl halides is 3. The Hall–Kier alpha value is -2.24. The summed E-state index contributed by atoms with van der Waals surface area (Å²) in [6, 6.07) is 17.2. The molecule has 0 spiro atoms. The first-order valence-corrected chi connectivity index (χ1v) is 12.4. The third-order valence-corrected chi connectivity index (χ3v) is 6.63. The van der Waals surface area contributed by atoms with Gasteiger partial charge in [-0.15, -0.1) is 0 Å². The molecule has 1 aliphatic rings. The Labute approximate surface area is 221 Å². The molecule has 1 heterocycles. The van der Waals surface area contributed by atoms with Gasteiger partial charge in [-0.1, -0.05) is 59.1 Å². The predicted molar refractivity (Wildman–Crippen MR) is 144 cm³/mol. The molecule has 1 unspecified atom stereocenters. The van der Waals surface area contributed by atoms with Crippen LogP contribution in [0.3, 0.4) is 0 Å². The van der Waals surface area contributed by atoms with E-state index in [4.69, 9.17) is 52.3 Å². The van der Waals surface area contributed by atoms with Crippen molar-refractivity contribution in [2.24, 2.45) is 0 Å². The van der Waals surface area contributed by atoms with Gasteiger partial charge in [-0.3, -0.25) is 4.79 Å². The predicted octanol–water partition coefficient (Wildman–Crippen LogP) is 4.87. The Bertz CT molecular complexity index is 1070. The van der Waals surface area contributed by atoms with E-state index in [1.54, 1.807) is 17.0 Å². The van der Waals surface area contributed by atoms with E-state index in [9.17, 15) is 4.79 Å². The number of nitrogens with one attached hydrogen (secondary N) is 1. The third-order valence-electron chi connectivity index (χ3n) is 5.55. The molecule has 2 aromatic carbocycles. The Kier molecular flexibility index (Phi) is 8.89. The summed E-state index contributed by atoms with van der Waals surface area (Å²) >= 11 is 24.8. The Morgan fingerprint density at radius 2 is 1.85 bits per heavy atom. The van der Waals surface area contributed by atoms with Gasteiger partial charge in [0.2, 0.25) is 9.70 Å². The summed E-state index contributed by atoms with van der Waals surface area (Å²) in [4.78, 5) is 18.6. The van der Waals surface area contributed by atoms with Crippen LogP contribution in [0.2, 0.25) is 0 Å². The highest BCUT2D eigenvalue weighted by atomic mass is 35.6. The Morgan fingerprint density at radius 3 is 2.47 bits per heavy atom. The maximum absolute atomic E-state index is 12.8. The van der Waals surface area contributed by atoms with Crippen LogP contribution in [-0.2, 0) is 11.2 Å². The number of carbonyl (C=O) groups is 1. The number of rotatable bonds is 7. The number of nitrogens with zero attached hydrogens (tertiary/aromatic N) is 4. The summed E-state index contributed by atoms with van der Waals surface area (Å²) in [5.74, 6) is -0.255. The highest BCUT2D eigenvalue weighted by Gasteiger charge is 2.42. The SMILES string of the molecule is CN(C)c1ccccc1N1CCCN(C(NC(=O)CCc2ccc(C#N)cc2)C(Cl)(Cl)Cl)C1=S. The largest absolute Gasteiger partial charge is 0.376 e. The molecule has 0 radical (unpaired) electrons. The molecule has 0 aliphatic carbocycles. The van der Waals surface area contributed by atoms with E-state index in [1.807, 2.05) is 60.3 Å². The summed E-state index contributed by atoms with van der Waals surface area (Å²) in [6.07, 6.45) is 0.557. The summed E-state index contributed by atoms with van der Waals surface area (Å²) in [5.41, 5.74) is 3.49. The molecule has 10 heteroatoms. The molecule has 0 aromatic heterocycles. The van der Waals surface area contributed by atoms with Gasteiger partial charge in [-0.25, -0.2) is 0 Å². The lowest BCUT2D eigenvalue weighted by Crippen LogP contribution is -2.62. The van der Waals surface area contributed by atoms with Crippen molar-refractivity contribution in [1.29, 1.82) is 5.26 Å². The third kappa shape index (κ3) is 6.45. The van der Waals surface area contributed by atoms with E-state index < -0.39 is 9.96 Å². The first-order chi connectivity index (χ1) is 16.1. The van der Waals surface area contributed by atoms with Crippen molar-refractivity contribution in [2.75, 3.05) is 37.0 Å². The van der Waals surface area contributed by atoms with Crippen molar-refractivity contribution in [3.8, 4) is 6.07 Å². The van der Waals surface area contributed by atoms with E-state index in [0.29, 0.717) is 23.6 Å². The van der Waals surface area contributed by atoms with Gasteiger partial charge in [0.15, 0.2) is 11.3 Å². The van der Waals surface area contributed by atoms with Crippen molar-refractivity contribution >= 4 is 69.4 Å². The van der Waals surface area contributed by atoms with E-state index in [0.717, 1.165) is 29.9 Å². The van der Waals surface area contributed by atoms with Gasteiger partial charge in [0.25, 0.3) is 0 Å². The van der Waals surface area contributed by atoms with Gasteiger partial charge in [-0.05, 0) is 54.9 Å². The smallest absolute Gasteiger partial charge is 0.228 e. The van der Waals surface area contributed by atoms with E-state index in [-0.39, 0.29) is 12.3 Å². The number of benzene rings is 2. The summed E-state index contributed by atoms with van der Waals surface area (Å²) in [5, 5.41) is 12.3. The molecule has 0 bridgehead atoms. The number of nitriles is 1. The monoisotopic (exact) mass is 537 g/mol. The van der Waals surface area contributed by atoms with Crippen LogP contribution >= 0.6 is 47.0 Å². The van der Waals surface area contributed by atoms with Crippen LogP contribution in [-0.4, -0.2) is 53.1 Å². The molecule has 1 amide bonds. The fourth-order valence-corrected chi connectivity index (χ4v) is 4.75. The number of para-hydroxylation sites is 2. The topological polar surface area (TPSA) is 62.6 Å². The number of aryl methyl sites for hydroxylation is 1. The fourth-order valence-electron chi connectivity index (χ4n) is 3.84. The van der Waals surface area contributed by atoms with E-state index in [2.05, 4.69) is 11.4 Å². The van der Waals surface area contributed by atoms with Crippen LogP contribution in [0.5, 0.6) is 0 Å². The molecule has 1 N–H and O–H groups in total. The van der Waals surface area contributed by atoms with Crippen LogP contribution in [0, 0.1) is 11.3 Å². The van der Waals surface area contributed by atoms with Crippen molar-refractivity contribution in [1.82, 2.24) is 10.2 Å². The minimum absolute atomic E-state index is 0.205. The quantitative estimate of drug-likeness (QED) is 0.401. The van der Waals surface area contributed by atoms with Crippen LogP contribution < -0.4 is 15.1 Å². The van der Waals surface area contributed by atoms with Crippen molar-refractivity contribution in [3.63, 3.8) is 0 Å². The number of hydrogen-bond donors (Lipinski definition) is 1. The minimum Gasteiger partial charge on any atom is -0.376 e. The van der Waals surface area contributed by atoms with Crippen molar-refractivity contribution < 1.29 is 4.79 Å². The molecule has 3 rings (SSSR count). The highest BCUT2D eigenvalue weighted by Crippen LogP contribution is 2.36. The first-order valence-electron chi connectivity index (χ1n) is 10.8. The second-order valence-corrected chi connectivity index (χ2v) is 10.9. The highest BCUT2D eigenvalue weighted by molar-refractivity contribution is 7.80. The van der Waals surface area contributed by atoms with Crippen LogP contribution in [0.4, 0.5) is 11.4 Å². The molecule has 1 saturated heterocycles. The molecule has 34 heavy (non-hydrogen) atoms. The minimum atomic E-state index is -1.79. The average Bonchev–Trinajstić information content (AvgIpc) is 2.81. The zero-order valence-electron chi connectivity index (χ0n) is 19.0. The number of carbonyl (C=O) groups excluding carboxylic acids is 1. The molecule has 6 nitrogen and oxygen atoms in total. The number of anilines is 2. The molecule has 1 fully saturated rings. The second kappa shape index (κ2) is 11.5. The molecule has 180 valence electrons. The summed E-state index contributed by atoms with van der Waals surface area (Å²) in [7, 11) is 3.95. The lowest BCUT2D eigenvalue weighted by molar-refractivity contribution is -0.122. The molecular formula is C24H26Cl3N5OS. The fraction of sp³-hybridized carbons (Fsp3) is 0.375. The van der Waals surface area contributed by atoms with Gasteiger partial charge in [-0.2, -0.15) is 5.26 Å². The zero-order chi connectivity index (χ0) is 24.9. The van der Waals surface area contributed by atoms with Gasteiger partial charge < -0.3 is 20.0 Å². The number of hydrogen-bond acceptors (Lipinski definition) is 4. The van der Waals surface area contributed by atoms with Gasteiger partial charge in [0.1, 0.15) is 0 Å². The van der Waals surface area contributed by atoms with Gasteiger partial charge >= 0.3 is 0 Å². The Balaban J connectivity index is 1.74. The molecule has 0 saturated carbocycles. The lowest BCUT2D eigenvalue weighted by Gasteiger charge is -2.45. The number of amides is 1. The van der Waals surface area contributed by atoms with Crippen molar-refractivity contribution in [2.45, 2.75) is 29.2 Å². The van der Waals surface area contributed by atoms with E-state index >= 15 is 0 Å². The normalized spacial score (nSPS) is 15.0. The molecular weight excluding hydrogens is 513 g/mol. The van der Waals surface area contributed by atoms with E-state index in [1.165, 1.54) is 0 Å². The average molecular weight is 539 g/mol. The van der Waals surface area contributed by atoms with Gasteiger partial charge in [0, 0.05) is 33.6 Å². The second-order valence-electron chi connectivity index (χ2n) is 8.18. The molecule has 1 atom stereocenters. The summed E-state index contributed by atoms with van der Waals surface area (Å²) < 4.78 is -1.79. The standard InChI is InChI=1S/C24H26Cl3N5OS/c1-30(2)19-6-3-4-7-20(19)31-14-5-15-32(23(31)34)22(24(25,26)27)29-21(33)13-12-17-8-10-18(16-28)11-9-17/h3-4,6-11,22H,5,12-15H2,1-2H3,(H,29,33). The van der Waals surface area contributed by atoms with Crippen LogP contribution in [0.15, 0.2) is 48.5 Å². The maximum atomic E-state index is 12.8.